The first kappa shape index (κ1) is 18.3. The minimum Gasteiger partial charge on any atom is -0.466 e. The molecule has 0 aliphatic carbocycles. The number of carbonyl (C=O) groups excluding carboxylic acids is 2. The van der Waals surface area contributed by atoms with Crippen molar-refractivity contribution in [3.8, 4) is 0 Å². The SMILES string of the molecule is C[C@@]1(c2ccco2)NC(=O)N(CN2CCC(c3nc4ccccc4s3)CC2)C1=O. The summed E-state index contributed by atoms with van der Waals surface area (Å²) in [6, 6.07) is 11.3. The number of benzene rings is 1. The maximum absolute atomic E-state index is 12.9. The van der Waals surface area contributed by atoms with Crippen molar-refractivity contribution in [2.75, 3.05) is 19.8 Å². The molecule has 1 aromatic carbocycles. The van der Waals surface area contributed by atoms with Gasteiger partial charge in [-0.2, -0.15) is 0 Å². The second-order valence-electron chi connectivity index (χ2n) is 7.82. The summed E-state index contributed by atoms with van der Waals surface area (Å²) in [4.78, 5) is 33.7. The molecule has 2 aromatic heterocycles. The van der Waals surface area contributed by atoms with Crippen molar-refractivity contribution in [3.05, 3.63) is 53.4 Å². The van der Waals surface area contributed by atoms with Gasteiger partial charge in [0.05, 0.1) is 28.2 Å². The number of carbonyl (C=O) groups is 2. The van der Waals surface area contributed by atoms with E-state index in [-0.39, 0.29) is 11.9 Å². The van der Waals surface area contributed by atoms with Crippen molar-refractivity contribution < 1.29 is 14.0 Å². The summed E-state index contributed by atoms with van der Waals surface area (Å²) in [7, 11) is 0. The fourth-order valence-corrected chi connectivity index (χ4v) is 5.28. The average Bonchev–Trinajstić information content (AvgIpc) is 3.45. The third-order valence-electron chi connectivity index (χ3n) is 5.88. The highest BCUT2D eigenvalue weighted by atomic mass is 32.1. The van der Waals surface area contributed by atoms with Crippen molar-refractivity contribution in [3.63, 3.8) is 0 Å². The zero-order chi connectivity index (χ0) is 20.0. The van der Waals surface area contributed by atoms with Gasteiger partial charge in [0.15, 0.2) is 5.54 Å². The fraction of sp³-hybridized carbons (Fsp3) is 0.381. The van der Waals surface area contributed by atoms with E-state index in [1.54, 1.807) is 30.4 Å². The molecule has 3 aromatic rings. The molecule has 3 amide bonds. The molecule has 7 nitrogen and oxygen atoms in total. The first-order valence-corrected chi connectivity index (χ1v) is 10.6. The number of imide groups is 1. The van der Waals surface area contributed by atoms with Crippen LogP contribution in [0, 0.1) is 0 Å². The molecule has 0 saturated carbocycles. The van der Waals surface area contributed by atoms with E-state index in [9.17, 15) is 9.59 Å². The normalized spacial score (nSPS) is 23.8. The molecule has 2 fully saturated rings. The summed E-state index contributed by atoms with van der Waals surface area (Å²) >= 11 is 1.77. The molecule has 2 saturated heterocycles. The highest BCUT2D eigenvalue weighted by Gasteiger charge is 2.51. The van der Waals surface area contributed by atoms with E-state index in [0.717, 1.165) is 31.4 Å². The number of thiazole rings is 1. The Labute approximate surface area is 172 Å². The first-order valence-electron chi connectivity index (χ1n) is 9.80. The molecule has 2 aliphatic heterocycles. The van der Waals surface area contributed by atoms with Gasteiger partial charge in [-0.05, 0) is 44.0 Å². The predicted octanol–water partition coefficient (Wildman–Crippen LogP) is 3.49. The Morgan fingerprint density at radius 3 is 2.72 bits per heavy atom. The number of piperidine rings is 1. The van der Waals surface area contributed by atoms with E-state index in [1.807, 2.05) is 12.1 Å². The number of urea groups is 1. The van der Waals surface area contributed by atoms with Crippen molar-refractivity contribution in [1.29, 1.82) is 0 Å². The Kier molecular flexibility index (Phi) is 4.40. The van der Waals surface area contributed by atoms with E-state index in [1.165, 1.54) is 20.9 Å². The molecule has 5 rings (SSSR count). The van der Waals surface area contributed by atoms with Gasteiger partial charge in [-0.25, -0.2) is 14.7 Å². The van der Waals surface area contributed by atoms with Gasteiger partial charge >= 0.3 is 6.03 Å². The quantitative estimate of drug-likeness (QED) is 0.666. The number of fused-ring (bicyclic) bond motifs is 1. The van der Waals surface area contributed by atoms with Gasteiger partial charge < -0.3 is 9.73 Å². The molecule has 1 N–H and O–H groups in total. The molecule has 150 valence electrons. The summed E-state index contributed by atoms with van der Waals surface area (Å²) in [5.74, 6) is 0.610. The number of aromatic nitrogens is 1. The van der Waals surface area contributed by atoms with Crippen LogP contribution in [0.3, 0.4) is 0 Å². The van der Waals surface area contributed by atoms with Crippen LogP contribution in [0.25, 0.3) is 10.2 Å². The van der Waals surface area contributed by atoms with Gasteiger partial charge in [0.2, 0.25) is 0 Å². The zero-order valence-corrected chi connectivity index (χ0v) is 16.9. The van der Waals surface area contributed by atoms with Gasteiger partial charge in [0.1, 0.15) is 5.76 Å². The molecular weight excluding hydrogens is 388 g/mol. The Morgan fingerprint density at radius 2 is 2.00 bits per heavy atom. The molecule has 0 bridgehead atoms. The third kappa shape index (κ3) is 3.12. The van der Waals surface area contributed by atoms with Crippen molar-refractivity contribution in [2.24, 2.45) is 0 Å². The number of rotatable bonds is 4. The van der Waals surface area contributed by atoms with E-state index in [0.29, 0.717) is 18.3 Å². The lowest BCUT2D eigenvalue weighted by atomic mass is 9.97. The summed E-state index contributed by atoms with van der Waals surface area (Å²) in [6.45, 7) is 3.64. The van der Waals surface area contributed by atoms with Crippen LogP contribution in [-0.4, -0.2) is 46.5 Å². The molecule has 0 radical (unpaired) electrons. The van der Waals surface area contributed by atoms with E-state index < -0.39 is 5.54 Å². The van der Waals surface area contributed by atoms with Gasteiger partial charge in [-0.15, -0.1) is 11.3 Å². The number of hydrogen-bond acceptors (Lipinski definition) is 6. The van der Waals surface area contributed by atoms with Crippen LogP contribution in [0.2, 0.25) is 0 Å². The smallest absolute Gasteiger partial charge is 0.326 e. The van der Waals surface area contributed by atoms with Crippen LogP contribution >= 0.6 is 11.3 Å². The van der Waals surface area contributed by atoms with E-state index in [4.69, 9.17) is 9.40 Å². The molecule has 2 aliphatic rings. The third-order valence-corrected chi connectivity index (χ3v) is 7.08. The van der Waals surface area contributed by atoms with E-state index in [2.05, 4.69) is 22.3 Å². The number of para-hydroxylation sites is 1. The Morgan fingerprint density at radius 1 is 1.21 bits per heavy atom. The number of nitrogens with one attached hydrogen (secondary N) is 1. The lowest BCUT2D eigenvalue weighted by Crippen LogP contribution is -2.45. The van der Waals surface area contributed by atoms with Gasteiger partial charge in [0.25, 0.3) is 5.91 Å². The van der Waals surface area contributed by atoms with Gasteiger partial charge in [-0.1, -0.05) is 12.1 Å². The average molecular weight is 410 g/mol. The van der Waals surface area contributed by atoms with Gasteiger partial charge in [0, 0.05) is 19.0 Å². The second-order valence-corrected chi connectivity index (χ2v) is 8.88. The summed E-state index contributed by atoms with van der Waals surface area (Å²) < 4.78 is 6.61. The van der Waals surface area contributed by atoms with Crippen LogP contribution in [0.1, 0.15) is 36.5 Å². The van der Waals surface area contributed by atoms with Crippen LogP contribution in [0.4, 0.5) is 4.79 Å². The second kappa shape index (κ2) is 6.96. The Hall–Kier alpha value is -2.71. The lowest BCUT2D eigenvalue weighted by molar-refractivity contribution is -0.133. The van der Waals surface area contributed by atoms with E-state index >= 15 is 0 Å². The standard InChI is InChI=1S/C21H22N4O3S/c1-21(17-7-4-12-28-17)19(26)25(20(27)23-21)13-24-10-8-14(9-11-24)18-22-15-5-2-3-6-16(15)29-18/h2-7,12,14H,8-11,13H2,1H3,(H,23,27)/t21-/m0/s1. The molecular formula is C21H22N4O3S. The minimum absolute atomic E-state index is 0.272. The van der Waals surface area contributed by atoms with Crippen LogP contribution in [0.5, 0.6) is 0 Å². The Bertz CT molecular complexity index is 1020. The molecule has 1 atom stereocenters. The number of nitrogens with zero attached hydrogens (tertiary/aromatic N) is 3. The predicted molar refractivity (Wildman–Crippen MR) is 109 cm³/mol. The van der Waals surface area contributed by atoms with Crippen LogP contribution in [0.15, 0.2) is 47.1 Å². The summed E-state index contributed by atoms with van der Waals surface area (Å²) in [6.07, 6.45) is 3.45. The molecule has 0 spiro atoms. The maximum atomic E-state index is 12.9. The molecule has 8 heteroatoms. The highest BCUT2D eigenvalue weighted by molar-refractivity contribution is 7.18. The van der Waals surface area contributed by atoms with Gasteiger partial charge in [-0.3, -0.25) is 9.69 Å². The van der Waals surface area contributed by atoms with Crippen molar-refractivity contribution in [2.45, 2.75) is 31.2 Å². The van der Waals surface area contributed by atoms with Crippen molar-refractivity contribution >= 4 is 33.5 Å². The molecule has 4 heterocycles. The summed E-state index contributed by atoms with van der Waals surface area (Å²) in [5.41, 5.74) is -0.0774. The maximum Gasteiger partial charge on any atom is 0.326 e. The monoisotopic (exact) mass is 410 g/mol. The number of amides is 3. The number of hydrogen-bond donors (Lipinski definition) is 1. The topological polar surface area (TPSA) is 78.7 Å². The Balaban J connectivity index is 1.24. The lowest BCUT2D eigenvalue weighted by Gasteiger charge is -2.33. The van der Waals surface area contributed by atoms with Crippen molar-refractivity contribution in [1.82, 2.24) is 20.1 Å². The molecule has 0 unspecified atom stereocenters. The summed E-state index contributed by atoms with van der Waals surface area (Å²) in [5, 5.41) is 3.97. The number of likely N-dealkylation sites (tertiary alicyclic amines) is 1. The molecule has 29 heavy (non-hydrogen) atoms. The fourth-order valence-electron chi connectivity index (χ4n) is 4.14. The number of furan rings is 1. The highest BCUT2D eigenvalue weighted by Crippen LogP contribution is 2.34. The minimum atomic E-state index is -1.14. The first-order chi connectivity index (χ1) is 14.0. The van der Waals surface area contributed by atoms with Crippen LogP contribution < -0.4 is 5.32 Å². The van der Waals surface area contributed by atoms with Crippen LogP contribution in [-0.2, 0) is 10.3 Å². The largest absolute Gasteiger partial charge is 0.466 e. The zero-order valence-electron chi connectivity index (χ0n) is 16.1.